The molecule has 0 bridgehead atoms. The van der Waals surface area contributed by atoms with Crippen molar-refractivity contribution in [3.8, 4) is 5.75 Å². The minimum Gasteiger partial charge on any atom is -0.494 e. The molecule has 3 nitrogen and oxygen atoms in total. The number of aliphatic hydroxyl groups is 1. The summed E-state index contributed by atoms with van der Waals surface area (Å²) in [7, 11) is 0. The Bertz CT molecular complexity index is 361. The zero-order valence-electron chi connectivity index (χ0n) is 10.4. The van der Waals surface area contributed by atoms with Crippen molar-refractivity contribution in [3.05, 3.63) is 29.8 Å². The van der Waals surface area contributed by atoms with Crippen molar-refractivity contribution < 1.29 is 9.84 Å². The molecule has 0 aromatic heterocycles. The van der Waals surface area contributed by atoms with Gasteiger partial charge in [0.15, 0.2) is 0 Å². The molecule has 1 aromatic rings. The van der Waals surface area contributed by atoms with Crippen molar-refractivity contribution in [1.82, 2.24) is 5.32 Å². The van der Waals surface area contributed by atoms with Crippen molar-refractivity contribution in [2.75, 3.05) is 19.8 Å². The lowest BCUT2D eigenvalue weighted by molar-refractivity contribution is 0.207. The number of rotatable bonds is 7. The van der Waals surface area contributed by atoms with Crippen molar-refractivity contribution in [3.63, 3.8) is 0 Å². The number of hydrogen-bond donors (Lipinski definition) is 2. The fourth-order valence-electron chi connectivity index (χ4n) is 1.98. The van der Waals surface area contributed by atoms with Gasteiger partial charge in [-0.1, -0.05) is 18.2 Å². The van der Waals surface area contributed by atoms with E-state index in [1.54, 1.807) is 0 Å². The van der Waals surface area contributed by atoms with E-state index in [1.165, 1.54) is 5.56 Å². The number of ether oxygens (including phenoxy) is 1. The summed E-state index contributed by atoms with van der Waals surface area (Å²) >= 11 is 0. The minimum absolute atomic E-state index is 0.167. The Morgan fingerprint density at radius 2 is 2.12 bits per heavy atom. The van der Waals surface area contributed by atoms with E-state index >= 15 is 0 Å². The van der Waals surface area contributed by atoms with Crippen LogP contribution in [-0.2, 0) is 6.54 Å². The largest absolute Gasteiger partial charge is 0.494 e. The third-order valence-corrected chi connectivity index (χ3v) is 3.38. The van der Waals surface area contributed by atoms with Crippen LogP contribution < -0.4 is 10.1 Å². The van der Waals surface area contributed by atoms with E-state index in [9.17, 15) is 5.11 Å². The van der Waals surface area contributed by atoms with Gasteiger partial charge in [0.2, 0.25) is 0 Å². The molecule has 17 heavy (non-hydrogen) atoms. The molecule has 0 unspecified atom stereocenters. The van der Waals surface area contributed by atoms with Gasteiger partial charge in [0.25, 0.3) is 0 Å². The van der Waals surface area contributed by atoms with Crippen LogP contribution in [0.15, 0.2) is 24.3 Å². The van der Waals surface area contributed by atoms with Gasteiger partial charge in [-0.25, -0.2) is 0 Å². The molecule has 0 spiro atoms. The molecule has 0 radical (unpaired) electrons. The monoisotopic (exact) mass is 235 g/mol. The fourth-order valence-corrected chi connectivity index (χ4v) is 1.98. The Hall–Kier alpha value is -1.06. The first-order valence-corrected chi connectivity index (χ1v) is 6.32. The first-order chi connectivity index (χ1) is 8.29. The van der Waals surface area contributed by atoms with Gasteiger partial charge in [0.05, 0.1) is 6.61 Å². The average molecular weight is 235 g/mol. The lowest BCUT2D eigenvalue weighted by atomic mass is 10.1. The molecule has 0 saturated heterocycles. The standard InChI is InChI=1S/C14H21NO2/c1-2-17-13-6-4-3-5-12(13)9-15-10-14(11-16)7-8-14/h3-6,15-16H,2,7-11H2,1H3. The Morgan fingerprint density at radius 1 is 1.35 bits per heavy atom. The number of benzene rings is 1. The molecule has 1 fully saturated rings. The number of aliphatic hydroxyl groups excluding tert-OH is 1. The summed E-state index contributed by atoms with van der Waals surface area (Å²) in [5.41, 5.74) is 1.35. The Kier molecular flexibility index (Phi) is 4.02. The minimum atomic E-state index is 0.167. The van der Waals surface area contributed by atoms with Crippen LogP contribution in [0.3, 0.4) is 0 Å². The molecule has 0 atom stereocenters. The molecule has 0 amide bonds. The van der Waals surface area contributed by atoms with Gasteiger partial charge in [-0.15, -0.1) is 0 Å². The molecule has 2 N–H and O–H groups in total. The van der Waals surface area contributed by atoms with E-state index in [0.717, 1.165) is 31.7 Å². The Balaban J connectivity index is 1.85. The molecule has 1 aliphatic rings. The van der Waals surface area contributed by atoms with Crippen molar-refractivity contribution in [2.45, 2.75) is 26.3 Å². The highest BCUT2D eigenvalue weighted by Gasteiger charge is 2.41. The van der Waals surface area contributed by atoms with E-state index in [0.29, 0.717) is 13.2 Å². The number of nitrogens with one attached hydrogen (secondary N) is 1. The summed E-state index contributed by atoms with van der Waals surface area (Å²) in [4.78, 5) is 0. The molecule has 0 heterocycles. The van der Waals surface area contributed by atoms with Crippen LogP contribution in [0, 0.1) is 5.41 Å². The van der Waals surface area contributed by atoms with Gasteiger partial charge >= 0.3 is 0 Å². The van der Waals surface area contributed by atoms with Crippen molar-refractivity contribution >= 4 is 0 Å². The van der Waals surface area contributed by atoms with E-state index in [4.69, 9.17) is 4.74 Å². The zero-order chi connectivity index (χ0) is 12.1. The van der Waals surface area contributed by atoms with Crippen LogP contribution in [0.4, 0.5) is 0 Å². The summed E-state index contributed by atoms with van der Waals surface area (Å²) < 4.78 is 5.57. The number of hydrogen-bond acceptors (Lipinski definition) is 3. The third kappa shape index (κ3) is 3.20. The first kappa shape index (κ1) is 12.4. The summed E-state index contributed by atoms with van der Waals surface area (Å²) in [6.45, 7) is 4.68. The molecule has 1 saturated carbocycles. The van der Waals surface area contributed by atoms with E-state index in [1.807, 2.05) is 25.1 Å². The van der Waals surface area contributed by atoms with E-state index < -0.39 is 0 Å². The van der Waals surface area contributed by atoms with Crippen LogP contribution in [0.2, 0.25) is 0 Å². The molecular formula is C14H21NO2. The Labute approximate surface area is 103 Å². The predicted octanol–water partition coefficient (Wildman–Crippen LogP) is 1.95. The summed E-state index contributed by atoms with van der Waals surface area (Å²) in [5.74, 6) is 0.955. The summed E-state index contributed by atoms with van der Waals surface area (Å²) in [5, 5.41) is 12.6. The molecule has 2 rings (SSSR count). The molecule has 94 valence electrons. The quantitative estimate of drug-likeness (QED) is 0.759. The maximum atomic E-state index is 9.23. The average Bonchev–Trinajstić information content (AvgIpc) is 3.12. The van der Waals surface area contributed by atoms with E-state index in [2.05, 4.69) is 11.4 Å². The number of para-hydroxylation sites is 1. The summed E-state index contributed by atoms with van der Waals surface area (Å²) in [6, 6.07) is 8.10. The Morgan fingerprint density at radius 3 is 2.76 bits per heavy atom. The predicted molar refractivity (Wildman–Crippen MR) is 68.1 cm³/mol. The fraction of sp³-hybridized carbons (Fsp3) is 0.571. The second-order valence-electron chi connectivity index (χ2n) is 4.80. The second kappa shape index (κ2) is 5.52. The highest BCUT2D eigenvalue weighted by Crippen LogP contribution is 2.44. The van der Waals surface area contributed by atoms with Gasteiger partial charge < -0.3 is 15.2 Å². The first-order valence-electron chi connectivity index (χ1n) is 6.32. The van der Waals surface area contributed by atoms with Gasteiger partial charge in [-0.3, -0.25) is 0 Å². The topological polar surface area (TPSA) is 41.5 Å². The lowest BCUT2D eigenvalue weighted by Gasteiger charge is -2.14. The van der Waals surface area contributed by atoms with Crippen LogP contribution in [0.1, 0.15) is 25.3 Å². The van der Waals surface area contributed by atoms with E-state index in [-0.39, 0.29) is 5.41 Å². The smallest absolute Gasteiger partial charge is 0.123 e. The highest BCUT2D eigenvalue weighted by molar-refractivity contribution is 5.33. The van der Waals surface area contributed by atoms with Crippen LogP contribution in [0.5, 0.6) is 5.75 Å². The zero-order valence-corrected chi connectivity index (χ0v) is 10.4. The van der Waals surface area contributed by atoms with Crippen LogP contribution in [0.25, 0.3) is 0 Å². The normalized spacial score (nSPS) is 16.8. The van der Waals surface area contributed by atoms with Crippen molar-refractivity contribution in [2.24, 2.45) is 5.41 Å². The maximum absolute atomic E-state index is 9.23. The third-order valence-electron chi connectivity index (χ3n) is 3.38. The molecular weight excluding hydrogens is 214 g/mol. The SMILES string of the molecule is CCOc1ccccc1CNCC1(CO)CC1. The van der Waals surface area contributed by atoms with Gasteiger partial charge in [-0.2, -0.15) is 0 Å². The lowest BCUT2D eigenvalue weighted by Crippen LogP contribution is -2.26. The maximum Gasteiger partial charge on any atom is 0.123 e. The molecule has 1 aromatic carbocycles. The van der Waals surface area contributed by atoms with Crippen LogP contribution in [-0.4, -0.2) is 24.9 Å². The van der Waals surface area contributed by atoms with Gasteiger partial charge in [0.1, 0.15) is 5.75 Å². The summed E-state index contributed by atoms with van der Waals surface area (Å²) in [6.07, 6.45) is 2.28. The highest BCUT2D eigenvalue weighted by atomic mass is 16.5. The second-order valence-corrected chi connectivity index (χ2v) is 4.80. The van der Waals surface area contributed by atoms with Gasteiger partial charge in [0, 0.05) is 30.7 Å². The van der Waals surface area contributed by atoms with Crippen molar-refractivity contribution in [1.29, 1.82) is 0 Å². The molecule has 1 aliphatic carbocycles. The molecule has 0 aliphatic heterocycles. The van der Waals surface area contributed by atoms with Crippen LogP contribution >= 0.6 is 0 Å². The molecule has 3 heteroatoms. The van der Waals surface area contributed by atoms with Gasteiger partial charge in [-0.05, 0) is 25.8 Å².